The molecule has 20 heavy (non-hydrogen) atoms. The molecule has 5 heteroatoms. The van der Waals surface area contributed by atoms with Gasteiger partial charge in [0.05, 0.1) is 17.4 Å². The number of amides is 1. The Bertz CT molecular complexity index is 680. The number of carbonyl (C=O) groups is 1. The van der Waals surface area contributed by atoms with Crippen molar-refractivity contribution in [2.75, 3.05) is 0 Å². The van der Waals surface area contributed by atoms with Crippen LogP contribution in [0.4, 0.5) is 5.69 Å². The highest BCUT2D eigenvalue weighted by Gasteiger charge is 2.25. The largest absolute Gasteiger partial charge is 0.345 e. The molecule has 0 fully saturated rings. The molecule has 2 aromatic rings. The number of hydrogen-bond donors (Lipinski definition) is 1. The van der Waals surface area contributed by atoms with Crippen LogP contribution in [0.15, 0.2) is 48.5 Å². The lowest BCUT2D eigenvalue weighted by Crippen LogP contribution is -2.35. The number of rotatable bonds is 2. The summed E-state index contributed by atoms with van der Waals surface area (Å²) in [4.78, 5) is 22.0. The van der Waals surface area contributed by atoms with Gasteiger partial charge in [-0.1, -0.05) is 24.3 Å². The van der Waals surface area contributed by atoms with Gasteiger partial charge >= 0.3 is 0 Å². The van der Waals surface area contributed by atoms with Crippen LogP contribution in [0.1, 0.15) is 22.7 Å². The molecule has 0 spiro atoms. The Labute approximate surface area is 115 Å². The van der Waals surface area contributed by atoms with Crippen molar-refractivity contribution in [2.24, 2.45) is 0 Å². The smallest absolute Gasteiger partial charge is 0.269 e. The normalized spacial score (nSPS) is 17.2. The Morgan fingerprint density at radius 2 is 1.80 bits per heavy atom. The van der Waals surface area contributed by atoms with Crippen molar-refractivity contribution in [2.45, 2.75) is 12.5 Å². The zero-order valence-electron chi connectivity index (χ0n) is 10.6. The van der Waals surface area contributed by atoms with E-state index in [0.717, 1.165) is 16.7 Å². The number of fused-ring (bicyclic) bond motifs is 1. The SMILES string of the molecule is O=C1Cc2ccccc2[C@@H](c2ccc([N+](=O)[O-])cc2)N1. The summed E-state index contributed by atoms with van der Waals surface area (Å²) in [5.74, 6) is -0.0351. The van der Waals surface area contributed by atoms with Gasteiger partial charge in [-0.3, -0.25) is 14.9 Å². The van der Waals surface area contributed by atoms with E-state index in [9.17, 15) is 14.9 Å². The summed E-state index contributed by atoms with van der Waals surface area (Å²) in [5, 5.41) is 13.6. The van der Waals surface area contributed by atoms with Crippen LogP contribution in [0.2, 0.25) is 0 Å². The van der Waals surface area contributed by atoms with E-state index in [1.807, 2.05) is 24.3 Å². The fraction of sp³-hybridized carbons (Fsp3) is 0.133. The van der Waals surface area contributed by atoms with Gasteiger partial charge in [-0.25, -0.2) is 0 Å². The lowest BCUT2D eigenvalue weighted by molar-refractivity contribution is -0.384. The molecule has 0 unspecified atom stereocenters. The lowest BCUT2D eigenvalue weighted by atomic mass is 9.89. The summed E-state index contributed by atoms with van der Waals surface area (Å²) in [5.41, 5.74) is 2.93. The number of non-ortho nitro benzene ring substituents is 1. The molecule has 1 atom stereocenters. The summed E-state index contributed by atoms with van der Waals surface area (Å²) in [6.45, 7) is 0. The number of nitrogens with one attached hydrogen (secondary N) is 1. The van der Waals surface area contributed by atoms with Gasteiger partial charge in [0, 0.05) is 12.1 Å². The number of carbonyl (C=O) groups excluding carboxylic acids is 1. The fourth-order valence-electron chi connectivity index (χ4n) is 2.49. The molecule has 3 rings (SSSR count). The lowest BCUT2D eigenvalue weighted by Gasteiger charge is -2.26. The molecule has 1 aliphatic rings. The molecule has 0 radical (unpaired) electrons. The summed E-state index contributed by atoms with van der Waals surface area (Å²) >= 11 is 0. The van der Waals surface area contributed by atoms with Gasteiger partial charge in [-0.05, 0) is 28.8 Å². The minimum Gasteiger partial charge on any atom is -0.345 e. The minimum absolute atomic E-state index is 0.0351. The molecule has 2 aromatic carbocycles. The molecule has 1 aliphatic heterocycles. The van der Waals surface area contributed by atoms with E-state index >= 15 is 0 Å². The maximum absolute atomic E-state index is 11.8. The fourth-order valence-corrected chi connectivity index (χ4v) is 2.49. The van der Waals surface area contributed by atoms with Crippen molar-refractivity contribution in [3.8, 4) is 0 Å². The van der Waals surface area contributed by atoms with Crippen LogP contribution in [-0.2, 0) is 11.2 Å². The molecule has 1 heterocycles. The molecule has 0 aliphatic carbocycles. The van der Waals surface area contributed by atoms with Gasteiger partial charge in [-0.15, -0.1) is 0 Å². The molecule has 0 aromatic heterocycles. The second-order valence-electron chi connectivity index (χ2n) is 4.72. The topological polar surface area (TPSA) is 72.2 Å². The molecule has 5 nitrogen and oxygen atoms in total. The van der Waals surface area contributed by atoms with Gasteiger partial charge in [0.15, 0.2) is 0 Å². The third kappa shape index (κ3) is 2.14. The van der Waals surface area contributed by atoms with Crippen LogP contribution in [-0.4, -0.2) is 10.8 Å². The van der Waals surface area contributed by atoms with Crippen molar-refractivity contribution >= 4 is 11.6 Å². The average Bonchev–Trinajstić information content (AvgIpc) is 2.46. The Morgan fingerprint density at radius 3 is 2.50 bits per heavy atom. The molecular formula is C15H12N2O3. The Balaban J connectivity index is 2.01. The second-order valence-corrected chi connectivity index (χ2v) is 4.72. The van der Waals surface area contributed by atoms with Gasteiger partial charge in [0.2, 0.25) is 5.91 Å². The number of nitro benzene ring substituents is 1. The zero-order chi connectivity index (χ0) is 14.1. The van der Waals surface area contributed by atoms with E-state index in [2.05, 4.69) is 5.32 Å². The number of benzene rings is 2. The highest BCUT2D eigenvalue weighted by molar-refractivity contribution is 5.82. The first kappa shape index (κ1) is 12.3. The average molecular weight is 268 g/mol. The predicted octanol–water partition coefficient (Wildman–Crippen LogP) is 2.36. The molecule has 1 amide bonds. The van der Waals surface area contributed by atoms with Crippen LogP contribution >= 0.6 is 0 Å². The first-order valence-electron chi connectivity index (χ1n) is 6.26. The van der Waals surface area contributed by atoms with Gasteiger partial charge in [0.25, 0.3) is 5.69 Å². The van der Waals surface area contributed by atoms with Crippen molar-refractivity contribution < 1.29 is 9.72 Å². The van der Waals surface area contributed by atoms with Crippen LogP contribution < -0.4 is 5.32 Å². The zero-order valence-corrected chi connectivity index (χ0v) is 10.6. The van der Waals surface area contributed by atoms with E-state index in [4.69, 9.17) is 0 Å². The third-order valence-electron chi connectivity index (χ3n) is 3.46. The van der Waals surface area contributed by atoms with Crippen molar-refractivity contribution in [1.29, 1.82) is 0 Å². The highest BCUT2D eigenvalue weighted by atomic mass is 16.6. The maximum atomic E-state index is 11.8. The summed E-state index contributed by atoms with van der Waals surface area (Å²) in [6, 6.07) is 13.8. The second kappa shape index (κ2) is 4.77. The Kier molecular flexibility index (Phi) is 2.95. The van der Waals surface area contributed by atoms with Crippen molar-refractivity contribution in [1.82, 2.24) is 5.32 Å². The van der Waals surface area contributed by atoms with E-state index in [-0.39, 0.29) is 17.6 Å². The predicted molar refractivity (Wildman–Crippen MR) is 73.2 cm³/mol. The van der Waals surface area contributed by atoms with Crippen molar-refractivity contribution in [3.63, 3.8) is 0 Å². The van der Waals surface area contributed by atoms with Gasteiger partial charge < -0.3 is 5.32 Å². The maximum Gasteiger partial charge on any atom is 0.269 e. The Morgan fingerprint density at radius 1 is 1.10 bits per heavy atom. The standard InChI is InChI=1S/C15H12N2O3/c18-14-9-11-3-1-2-4-13(11)15(16-14)10-5-7-12(8-6-10)17(19)20/h1-8,15H,9H2,(H,16,18)/t15-/m1/s1. The summed E-state index contributed by atoms with van der Waals surface area (Å²) in [7, 11) is 0. The number of nitrogens with zero attached hydrogens (tertiary/aromatic N) is 1. The van der Waals surface area contributed by atoms with Gasteiger partial charge in [0.1, 0.15) is 0 Å². The van der Waals surface area contributed by atoms with E-state index in [1.165, 1.54) is 12.1 Å². The third-order valence-corrected chi connectivity index (χ3v) is 3.46. The number of hydrogen-bond acceptors (Lipinski definition) is 3. The summed E-state index contributed by atoms with van der Waals surface area (Å²) < 4.78 is 0. The van der Waals surface area contributed by atoms with Crippen molar-refractivity contribution in [3.05, 3.63) is 75.3 Å². The highest BCUT2D eigenvalue weighted by Crippen LogP contribution is 2.29. The Hall–Kier alpha value is -2.69. The molecule has 0 bridgehead atoms. The molecule has 0 saturated carbocycles. The monoisotopic (exact) mass is 268 g/mol. The summed E-state index contributed by atoms with van der Waals surface area (Å²) in [6.07, 6.45) is 0.375. The van der Waals surface area contributed by atoms with Crippen LogP contribution in [0.3, 0.4) is 0 Å². The molecule has 100 valence electrons. The first-order chi connectivity index (χ1) is 9.65. The molecule has 0 saturated heterocycles. The minimum atomic E-state index is -0.433. The first-order valence-corrected chi connectivity index (χ1v) is 6.26. The molecule has 1 N–H and O–H groups in total. The van der Waals surface area contributed by atoms with E-state index < -0.39 is 4.92 Å². The number of nitro groups is 1. The molecular weight excluding hydrogens is 256 g/mol. The van der Waals surface area contributed by atoms with Crippen LogP contribution in [0.25, 0.3) is 0 Å². The van der Waals surface area contributed by atoms with E-state index in [1.54, 1.807) is 12.1 Å². The van der Waals surface area contributed by atoms with Gasteiger partial charge in [-0.2, -0.15) is 0 Å². The van der Waals surface area contributed by atoms with E-state index in [0.29, 0.717) is 6.42 Å². The quantitative estimate of drug-likeness (QED) is 0.671. The van der Waals surface area contributed by atoms with Crippen LogP contribution in [0.5, 0.6) is 0 Å². The van der Waals surface area contributed by atoms with Crippen LogP contribution in [0, 0.1) is 10.1 Å².